The second kappa shape index (κ2) is 10.6. The van der Waals surface area contributed by atoms with Crippen molar-refractivity contribution in [1.82, 2.24) is 5.43 Å². The fourth-order valence-corrected chi connectivity index (χ4v) is 4.47. The minimum atomic E-state index is -3.97. The highest BCUT2D eigenvalue weighted by Gasteiger charge is 2.27. The number of carbonyl (C=O) groups is 1. The van der Waals surface area contributed by atoms with Crippen LogP contribution in [0.5, 0.6) is 11.5 Å². The van der Waals surface area contributed by atoms with Crippen LogP contribution in [-0.4, -0.2) is 41.3 Å². The van der Waals surface area contributed by atoms with E-state index in [0.29, 0.717) is 22.7 Å². The molecule has 172 valence electrons. The van der Waals surface area contributed by atoms with Gasteiger partial charge in [0, 0.05) is 0 Å². The van der Waals surface area contributed by atoms with E-state index >= 15 is 0 Å². The number of nitrogens with zero attached hydrogens (tertiary/aromatic N) is 2. The van der Waals surface area contributed by atoms with E-state index in [4.69, 9.17) is 9.47 Å². The van der Waals surface area contributed by atoms with Crippen molar-refractivity contribution in [3.63, 3.8) is 0 Å². The van der Waals surface area contributed by atoms with E-state index in [1.54, 1.807) is 60.7 Å². The normalized spacial score (nSPS) is 11.2. The standard InChI is InChI=1S/C24H25N3O5S/c1-18-9-12-20(13-10-18)27(33(29,30)21-7-5-4-6-8-21)17-24(28)26-25-16-19-11-14-22(31-2)23(15-19)32-3/h4-16H,17H2,1-3H3,(H,26,28)/b25-16-. The van der Waals surface area contributed by atoms with Gasteiger partial charge < -0.3 is 9.47 Å². The fourth-order valence-electron chi connectivity index (χ4n) is 3.02. The van der Waals surface area contributed by atoms with Gasteiger partial charge in [0.25, 0.3) is 15.9 Å². The Bertz CT molecular complexity index is 1230. The first-order valence-corrected chi connectivity index (χ1v) is 11.5. The van der Waals surface area contributed by atoms with Gasteiger partial charge in [0.1, 0.15) is 6.54 Å². The molecule has 0 spiro atoms. The molecule has 1 N–H and O–H groups in total. The Kier molecular flexibility index (Phi) is 7.68. The summed E-state index contributed by atoms with van der Waals surface area (Å²) in [6.45, 7) is 1.46. The molecule has 1 amide bonds. The third-order valence-corrected chi connectivity index (χ3v) is 6.54. The number of hydrogen-bond donors (Lipinski definition) is 1. The van der Waals surface area contributed by atoms with E-state index in [0.717, 1.165) is 9.87 Å². The Morgan fingerprint density at radius 3 is 2.27 bits per heavy atom. The minimum absolute atomic E-state index is 0.0900. The number of sulfonamides is 1. The van der Waals surface area contributed by atoms with Crippen LogP contribution in [0.25, 0.3) is 0 Å². The van der Waals surface area contributed by atoms with E-state index in [1.807, 2.05) is 6.92 Å². The lowest BCUT2D eigenvalue weighted by atomic mass is 10.2. The number of hydrogen-bond acceptors (Lipinski definition) is 6. The Hall–Kier alpha value is -3.85. The van der Waals surface area contributed by atoms with Gasteiger partial charge in [0.15, 0.2) is 11.5 Å². The molecule has 0 aliphatic rings. The molecule has 0 aromatic heterocycles. The van der Waals surface area contributed by atoms with Gasteiger partial charge in [0.05, 0.1) is 31.0 Å². The molecule has 33 heavy (non-hydrogen) atoms. The monoisotopic (exact) mass is 467 g/mol. The van der Waals surface area contributed by atoms with Crippen LogP contribution in [0.3, 0.4) is 0 Å². The zero-order valence-corrected chi connectivity index (χ0v) is 19.4. The average Bonchev–Trinajstić information content (AvgIpc) is 2.83. The number of hydrazone groups is 1. The zero-order chi connectivity index (χ0) is 23.8. The number of anilines is 1. The summed E-state index contributed by atoms with van der Waals surface area (Å²) >= 11 is 0. The van der Waals surface area contributed by atoms with Crippen molar-refractivity contribution in [3.8, 4) is 11.5 Å². The molecule has 0 saturated heterocycles. The van der Waals surface area contributed by atoms with Crippen LogP contribution in [0.15, 0.2) is 82.8 Å². The Labute approximate surface area is 193 Å². The van der Waals surface area contributed by atoms with Gasteiger partial charge in [-0.25, -0.2) is 13.8 Å². The molecule has 0 aliphatic carbocycles. The molecule has 0 bridgehead atoms. The Morgan fingerprint density at radius 1 is 0.970 bits per heavy atom. The Morgan fingerprint density at radius 2 is 1.64 bits per heavy atom. The molecule has 3 aromatic rings. The van der Waals surface area contributed by atoms with E-state index < -0.39 is 22.5 Å². The maximum Gasteiger partial charge on any atom is 0.264 e. The minimum Gasteiger partial charge on any atom is -0.493 e. The number of amides is 1. The summed E-state index contributed by atoms with van der Waals surface area (Å²) in [7, 11) is -0.908. The second-order valence-corrected chi connectivity index (χ2v) is 8.93. The highest BCUT2D eigenvalue weighted by atomic mass is 32.2. The van der Waals surface area contributed by atoms with Crippen molar-refractivity contribution < 1.29 is 22.7 Å². The van der Waals surface area contributed by atoms with Crippen LogP contribution in [0.4, 0.5) is 5.69 Å². The SMILES string of the molecule is COc1ccc(/C=N\NC(=O)CN(c2ccc(C)cc2)S(=O)(=O)c2ccccc2)cc1OC. The lowest BCUT2D eigenvalue weighted by Gasteiger charge is -2.23. The van der Waals surface area contributed by atoms with Crippen molar-refractivity contribution in [1.29, 1.82) is 0 Å². The maximum absolute atomic E-state index is 13.3. The third-order valence-electron chi connectivity index (χ3n) is 4.75. The molecular formula is C24H25N3O5S. The summed E-state index contributed by atoms with van der Waals surface area (Å²) in [6, 6.07) is 20.0. The van der Waals surface area contributed by atoms with Gasteiger partial charge in [-0.1, -0.05) is 35.9 Å². The number of aryl methyl sites for hydroxylation is 1. The molecule has 3 aromatic carbocycles. The molecule has 0 atom stereocenters. The highest BCUT2D eigenvalue weighted by molar-refractivity contribution is 7.92. The summed E-state index contributed by atoms with van der Waals surface area (Å²) in [5.74, 6) is 0.498. The van der Waals surface area contributed by atoms with Gasteiger partial charge in [-0.15, -0.1) is 0 Å². The second-order valence-electron chi connectivity index (χ2n) is 7.07. The van der Waals surface area contributed by atoms with Crippen LogP contribution >= 0.6 is 0 Å². The van der Waals surface area contributed by atoms with Gasteiger partial charge in [-0.3, -0.25) is 9.10 Å². The maximum atomic E-state index is 13.3. The molecular weight excluding hydrogens is 442 g/mol. The smallest absolute Gasteiger partial charge is 0.264 e. The van der Waals surface area contributed by atoms with Gasteiger partial charge in [-0.05, 0) is 55.0 Å². The van der Waals surface area contributed by atoms with Gasteiger partial charge in [-0.2, -0.15) is 5.10 Å². The molecule has 8 nitrogen and oxygen atoms in total. The number of nitrogens with one attached hydrogen (secondary N) is 1. The van der Waals surface area contributed by atoms with E-state index in [2.05, 4.69) is 10.5 Å². The first kappa shape index (κ1) is 23.8. The lowest BCUT2D eigenvalue weighted by Crippen LogP contribution is -2.39. The van der Waals surface area contributed by atoms with Crippen LogP contribution in [0.1, 0.15) is 11.1 Å². The number of methoxy groups -OCH3 is 2. The summed E-state index contributed by atoms with van der Waals surface area (Å²) < 4.78 is 38.0. The van der Waals surface area contributed by atoms with Crippen LogP contribution in [0.2, 0.25) is 0 Å². The number of carbonyl (C=O) groups excluding carboxylic acids is 1. The Balaban J connectivity index is 1.79. The molecule has 0 radical (unpaired) electrons. The zero-order valence-electron chi connectivity index (χ0n) is 18.6. The van der Waals surface area contributed by atoms with Crippen LogP contribution < -0.4 is 19.2 Å². The van der Waals surface area contributed by atoms with Crippen LogP contribution in [0, 0.1) is 6.92 Å². The van der Waals surface area contributed by atoms with Gasteiger partial charge >= 0.3 is 0 Å². The highest BCUT2D eigenvalue weighted by Crippen LogP contribution is 2.27. The molecule has 0 saturated carbocycles. The largest absolute Gasteiger partial charge is 0.493 e. The topological polar surface area (TPSA) is 97.3 Å². The van der Waals surface area contributed by atoms with E-state index in [1.165, 1.54) is 32.6 Å². The van der Waals surface area contributed by atoms with Crippen molar-refractivity contribution in [2.75, 3.05) is 25.1 Å². The quantitative estimate of drug-likeness (QED) is 0.384. The molecule has 0 unspecified atom stereocenters. The van der Waals surface area contributed by atoms with E-state index in [9.17, 15) is 13.2 Å². The molecule has 0 aliphatic heterocycles. The summed E-state index contributed by atoms with van der Waals surface area (Å²) in [4.78, 5) is 12.7. The summed E-state index contributed by atoms with van der Waals surface area (Å²) in [5, 5.41) is 3.95. The number of rotatable bonds is 9. The molecule has 3 rings (SSSR count). The first-order chi connectivity index (χ1) is 15.8. The summed E-state index contributed by atoms with van der Waals surface area (Å²) in [6.07, 6.45) is 1.43. The fraction of sp³-hybridized carbons (Fsp3) is 0.167. The van der Waals surface area contributed by atoms with Crippen molar-refractivity contribution in [2.45, 2.75) is 11.8 Å². The lowest BCUT2D eigenvalue weighted by molar-refractivity contribution is -0.119. The molecule has 0 fully saturated rings. The first-order valence-electron chi connectivity index (χ1n) is 10.0. The number of benzene rings is 3. The average molecular weight is 468 g/mol. The third kappa shape index (κ3) is 5.89. The predicted octanol–water partition coefficient (Wildman–Crippen LogP) is 3.36. The predicted molar refractivity (Wildman–Crippen MR) is 127 cm³/mol. The van der Waals surface area contributed by atoms with Crippen molar-refractivity contribution in [2.24, 2.45) is 5.10 Å². The summed E-state index contributed by atoms with van der Waals surface area (Å²) in [5.41, 5.74) is 4.40. The molecule has 0 heterocycles. The van der Waals surface area contributed by atoms with Crippen LogP contribution in [-0.2, 0) is 14.8 Å². The molecule has 9 heteroatoms. The number of ether oxygens (including phenoxy) is 2. The van der Waals surface area contributed by atoms with Crippen molar-refractivity contribution in [3.05, 3.63) is 83.9 Å². The van der Waals surface area contributed by atoms with Gasteiger partial charge in [0.2, 0.25) is 0 Å². The van der Waals surface area contributed by atoms with E-state index in [-0.39, 0.29) is 4.90 Å². The van der Waals surface area contributed by atoms with Crippen molar-refractivity contribution >= 4 is 27.8 Å².